The Labute approximate surface area is 87.0 Å². The second-order valence-corrected chi connectivity index (χ2v) is 4.60. The van der Waals surface area contributed by atoms with Crippen molar-refractivity contribution in [1.82, 2.24) is 14.8 Å². The van der Waals surface area contributed by atoms with Crippen molar-refractivity contribution in [2.45, 2.75) is 23.2 Å². The monoisotopic (exact) mass is 214 g/mol. The topological polar surface area (TPSA) is 66.0 Å². The van der Waals surface area contributed by atoms with E-state index >= 15 is 0 Å². The van der Waals surface area contributed by atoms with Crippen molar-refractivity contribution in [1.29, 1.82) is 0 Å². The molecule has 2 heterocycles. The molecule has 0 aliphatic carbocycles. The molecule has 1 aromatic rings. The van der Waals surface area contributed by atoms with Gasteiger partial charge in [-0.25, -0.2) is 0 Å². The van der Waals surface area contributed by atoms with Crippen molar-refractivity contribution < 1.29 is 4.74 Å². The molecule has 1 aromatic heterocycles. The lowest BCUT2D eigenvalue weighted by Gasteiger charge is -2.20. The van der Waals surface area contributed by atoms with Gasteiger partial charge in [-0.3, -0.25) is 4.57 Å². The van der Waals surface area contributed by atoms with Gasteiger partial charge in [-0.2, -0.15) is 0 Å². The van der Waals surface area contributed by atoms with Crippen LogP contribution in [0.1, 0.15) is 12.8 Å². The molecular formula is C8H14N4OS. The maximum atomic E-state index is 5.60. The van der Waals surface area contributed by atoms with Gasteiger partial charge in [0, 0.05) is 25.5 Å². The Hall–Kier alpha value is -0.750. The maximum absolute atomic E-state index is 5.60. The van der Waals surface area contributed by atoms with E-state index in [9.17, 15) is 0 Å². The van der Waals surface area contributed by atoms with Crippen LogP contribution in [0.25, 0.3) is 0 Å². The van der Waals surface area contributed by atoms with Gasteiger partial charge in [-0.1, -0.05) is 11.8 Å². The van der Waals surface area contributed by atoms with Crippen molar-refractivity contribution in [3.05, 3.63) is 0 Å². The van der Waals surface area contributed by atoms with E-state index in [1.807, 2.05) is 11.6 Å². The first-order valence-electron chi connectivity index (χ1n) is 4.66. The van der Waals surface area contributed by atoms with Gasteiger partial charge in [0.2, 0.25) is 5.95 Å². The zero-order chi connectivity index (χ0) is 9.97. The van der Waals surface area contributed by atoms with Crippen molar-refractivity contribution in [3.63, 3.8) is 0 Å². The highest BCUT2D eigenvalue weighted by molar-refractivity contribution is 7.99. The van der Waals surface area contributed by atoms with E-state index in [0.29, 0.717) is 11.2 Å². The summed E-state index contributed by atoms with van der Waals surface area (Å²) in [5, 5.41) is 9.33. The molecule has 0 saturated carbocycles. The number of nitrogens with two attached hydrogens (primary N) is 1. The summed E-state index contributed by atoms with van der Waals surface area (Å²) in [6, 6.07) is 0. The van der Waals surface area contributed by atoms with Crippen molar-refractivity contribution >= 4 is 17.7 Å². The number of ether oxygens (including phenoxy) is 1. The third kappa shape index (κ3) is 2.01. The number of hydrogen-bond donors (Lipinski definition) is 1. The largest absolute Gasteiger partial charge is 0.381 e. The molecule has 0 atom stereocenters. The van der Waals surface area contributed by atoms with Gasteiger partial charge in [0.05, 0.1) is 0 Å². The van der Waals surface area contributed by atoms with Gasteiger partial charge in [-0.15, -0.1) is 10.2 Å². The maximum Gasteiger partial charge on any atom is 0.222 e. The molecule has 6 heteroatoms. The van der Waals surface area contributed by atoms with Gasteiger partial charge in [0.1, 0.15) is 0 Å². The quantitative estimate of drug-likeness (QED) is 0.783. The van der Waals surface area contributed by atoms with Crippen molar-refractivity contribution in [2.24, 2.45) is 7.05 Å². The van der Waals surface area contributed by atoms with Gasteiger partial charge < -0.3 is 10.5 Å². The molecule has 0 unspecified atom stereocenters. The Morgan fingerprint density at radius 2 is 2.14 bits per heavy atom. The average molecular weight is 214 g/mol. The minimum atomic E-state index is 0.472. The molecule has 2 rings (SSSR count). The van der Waals surface area contributed by atoms with E-state index in [0.717, 1.165) is 31.2 Å². The fourth-order valence-electron chi connectivity index (χ4n) is 1.37. The predicted octanol–water partition coefficient (Wildman–Crippen LogP) is 0.668. The number of rotatable bonds is 2. The SMILES string of the molecule is Cn1c(N)nnc1SC1CCOCC1. The van der Waals surface area contributed by atoms with Crippen LogP contribution in [0.5, 0.6) is 0 Å². The van der Waals surface area contributed by atoms with Crippen LogP contribution in [-0.2, 0) is 11.8 Å². The van der Waals surface area contributed by atoms with E-state index in [1.54, 1.807) is 11.8 Å². The number of hydrogen-bond acceptors (Lipinski definition) is 5. The van der Waals surface area contributed by atoms with E-state index in [-0.39, 0.29) is 0 Å². The summed E-state index contributed by atoms with van der Waals surface area (Å²) in [4.78, 5) is 0. The van der Waals surface area contributed by atoms with Gasteiger partial charge in [0.15, 0.2) is 5.16 Å². The van der Waals surface area contributed by atoms with Gasteiger partial charge in [0.25, 0.3) is 0 Å². The number of nitrogen functional groups attached to an aromatic ring is 1. The molecule has 0 amide bonds. The second kappa shape index (κ2) is 4.18. The fraction of sp³-hybridized carbons (Fsp3) is 0.750. The summed E-state index contributed by atoms with van der Waals surface area (Å²) < 4.78 is 7.11. The number of thioether (sulfide) groups is 1. The zero-order valence-electron chi connectivity index (χ0n) is 8.14. The highest BCUT2D eigenvalue weighted by Crippen LogP contribution is 2.28. The van der Waals surface area contributed by atoms with E-state index < -0.39 is 0 Å². The third-order valence-electron chi connectivity index (χ3n) is 2.31. The van der Waals surface area contributed by atoms with Crippen LogP contribution in [-0.4, -0.2) is 33.2 Å². The van der Waals surface area contributed by atoms with Crippen LogP contribution in [0, 0.1) is 0 Å². The van der Waals surface area contributed by atoms with Gasteiger partial charge >= 0.3 is 0 Å². The summed E-state index contributed by atoms with van der Waals surface area (Å²) in [6.45, 7) is 1.70. The first-order valence-corrected chi connectivity index (χ1v) is 5.54. The molecule has 0 aromatic carbocycles. The smallest absolute Gasteiger partial charge is 0.222 e. The lowest BCUT2D eigenvalue weighted by molar-refractivity contribution is 0.0999. The molecule has 1 aliphatic heterocycles. The Balaban J connectivity index is 1.99. The van der Waals surface area contributed by atoms with Crippen LogP contribution in [0.3, 0.4) is 0 Å². The minimum absolute atomic E-state index is 0.472. The van der Waals surface area contributed by atoms with Crippen LogP contribution >= 0.6 is 11.8 Å². The van der Waals surface area contributed by atoms with Crippen LogP contribution in [0.2, 0.25) is 0 Å². The third-order valence-corrected chi connectivity index (χ3v) is 3.68. The van der Waals surface area contributed by atoms with Gasteiger partial charge in [-0.05, 0) is 12.8 Å². The van der Waals surface area contributed by atoms with E-state index in [4.69, 9.17) is 10.5 Å². The molecular weight excluding hydrogens is 200 g/mol. The summed E-state index contributed by atoms with van der Waals surface area (Å²) in [5.41, 5.74) is 5.60. The average Bonchev–Trinajstić information content (AvgIpc) is 2.52. The molecule has 1 aliphatic rings. The molecule has 0 bridgehead atoms. The first-order chi connectivity index (χ1) is 6.77. The molecule has 0 spiro atoms. The number of aromatic nitrogens is 3. The van der Waals surface area contributed by atoms with Crippen LogP contribution in [0.15, 0.2) is 5.16 Å². The molecule has 78 valence electrons. The molecule has 0 radical (unpaired) electrons. The number of anilines is 1. The highest BCUT2D eigenvalue weighted by atomic mass is 32.2. The summed E-state index contributed by atoms with van der Waals surface area (Å²) in [7, 11) is 1.89. The standard InChI is InChI=1S/C8H14N4OS/c1-12-7(9)10-11-8(12)14-6-2-4-13-5-3-6/h6H,2-5H2,1H3,(H2,9,10). The van der Waals surface area contributed by atoms with Crippen molar-refractivity contribution in [3.8, 4) is 0 Å². The van der Waals surface area contributed by atoms with Crippen LogP contribution in [0.4, 0.5) is 5.95 Å². The van der Waals surface area contributed by atoms with Crippen molar-refractivity contribution in [2.75, 3.05) is 18.9 Å². The number of nitrogens with zero attached hydrogens (tertiary/aromatic N) is 3. The molecule has 1 fully saturated rings. The highest BCUT2D eigenvalue weighted by Gasteiger charge is 2.18. The molecule has 2 N–H and O–H groups in total. The molecule has 1 saturated heterocycles. The Kier molecular flexibility index (Phi) is 2.93. The summed E-state index contributed by atoms with van der Waals surface area (Å²) >= 11 is 1.74. The fourth-order valence-corrected chi connectivity index (χ4v) is 2.44. The lowest BCUT2D eigenvalue weighted by Crippen LogP contribution is -2.18. The normalized spacial score (nSPS) is 18.6. The Morgan fingerprint density at radius 1 is 1.43 bits per heavy atom. The molecule has 14 heavy (non-hydrogen) atoms. The summed E-state index contributed by atoms with van der Waals surface area (Å²) in [6.07, 6.45) is 2.16. The lowest BCUT2D eigenvalue weighted by atomic mass is 10.2. The first kappa shape index (κ1) is 9.79. The molecule has 5 nitrogen and oxygen atoms in total. The summed E-state index contributed by atoms with van der Waals surface area (Å²) in [5.74, 6) is 0.472. The Morgan fingerprint density at radius 3 is 2.71 bits per heavy atom. The zero-order valence-corrected chi connectivity index (χ0v) is 8.96. The minimum Gasteiger partial charge on any atom is -0.381 e. The van der Waals surface area contributed by atoms with Crippen LogP contribution < -0.4 is 5.73 Å². The van der Waals surface area contributed by atoms with E-state index in [1.165, 1.54) is 0 Å². The second-order valence-electron chi connectivity index (χ2n) is 3.33. The Bertz CT molecular complexity index is 308. The predicted molar refractivity (Wildman–Crippen MR) is 55.1 cm³/mol. The van der Waals surface area contributed by atoms with E-state index in [2.05, 4.69) is 10.2 Å².